The molecule has 9 rings (SSSR count). The molecule has 3 aliphatic heterocycles. The molecule has 2 saturated heterocycles. The van der Waals surface area contributed by atoms with E-state index >= 15 is 0 Å². The van der Waals surface area contributed by atoms with E-state index in [1.165, 1.54) is 12.8 Å². The number of H-pyrrole nitrogens is 2. The van der Waals surface area contributed by atoms with Gasteiger partial charge in [0.25, 0.3) is 0 Å². The first-order chi connectivity index (χ1) is 21.7. The Balaban J connectivity index is 1.01. The Morgan fingerprint density at radius 2 is 1.34 bits per heavy atom. The van der Waals surface area contributed by atoms with Crippen LogP contribution in [0.5, 0.6) is 11.5 Å². The second kappa shape index (κ2) is 10.4. The van der Waals surface area contributed by atoms with Crippen molar-refractivity contribution in [3.63, 3.8) is 0 Å². The normalized spacial score (nSPS) is 19.0. The summed E-state index contributed by atoms with van der Waals surface area (Å²) in [5.74, 6) is 3.08. The number of hydrogen-bond donors (Lipinski definition) is 2. The number of nitrogens with one attached hydrogen (secondary N) is 2. The van der Waals surface area contributed by atoms with E-state index in [2.05, 4.69) is 66.6 Å². The van der Waals surface area contributed by atoms with Crippen LogP contribution in [-0.4, -0.2) is 73.6 Å². The van der Waals surface area contributed by atoms with Gasteiger partial charge < -0.3 is 14.4 Å². The summed E-state index contributed by atoms with van der Waals surface area (Å²) in [5, 5.41) is 16.5. The Hall–Kier alpha value is -4.80. The monoisotopic (exact) mass is 584 g/mol. The summed E-state index contributed by atoms with van der Waals surface area (Å²) in [4.78, 5) is 14.7. The molecule has 44 heavy (non-hydrogen) atoms. The molecule has 0 aliphatic carbocycles. The van der Waals surface area contributed by atoms with Gasteiger partial charge in [0.1, 0.15) is 0 Å². The third-order valence-electron chi connectivity index (χ3n) is 9.29. The minimum absolute atomic E-state index is 0.455. The summed E-state index contributed by atoms with van der Waals surface area (Å²) in [6.45, 7) is 3.96. The van der Waals surface area contributed by atoms with Crippen LogP contribution in [0.2, 0.25) is 0 Å². The highest BCUT2D eigenvalue weighted by Gasteiger charge is 2.38. The molecular formula is C34H32N8O2. The fraction of sp³-hybridized carbons (Fsp3) is 0.294. The first-order valence-electron chi connectivity index (χ1n) is 15.4. The lowest BCUT2D eigenvalue weighted by atomic mass is 10.0. The Labute approximate surface area is 254 Å². The molecule has 0 radical (unpaired) electrons. The van der Waals surface area contributed by atoms with E-state index in [-0.39, 0.29) is 0 Å². The summed E-state index contributed by atoms with van der Waals surface area (Å²) < 4.78 is 12.4. The minimum Gasteiger partial charge on any atom is -0.450 e. The SMILES string of the molecule is c1cc2[nH]ncc2cc1-c1cnc2c(c1)Oc1cc(-c3ccc4[nH]ncc4c3)cnc1N2CCCCCN1C[C@@H]2C[C@H]1CO2. The van der Waals surface area contributed by atoms with Crippen molar-refractivity contribution in [1.29, 1.82) is 0 Å². The lowest BCUT2D eigenvalue weighted by Gasteiger charge is -2.31. The molecule has 7 heterocycles. The molecule has 2 fully saturated rings. The molecule has 0 spiro atoms. The van der Waals surface area contributed by atoms with Gasteiger partial charge in [0.2, 0.25) is 0 Å². The zero-order valence-electron chi connectivity index (χ0n) is 24.2. The summed E-state index contributed by atoms with van der Waals surface area (Å²) in [6, 6.07) is 17.3. The molecule has 0 amide bonds. The fourth-order valence-electron chi connectivity index (χ4n) is 6.94. The van der Waals surface area contributed by atoms with Crippen molar-refractivity contribution in [2.45, 2.75) is 37.8 Å². The van der Waals surface area contributed by atoms with Crippen molar-refractivity contribution in [2.75, 3.05) is 31.1 Å². The summed E-state index contributed by atoms with van der Waals surface area (Å²) >= 11 is 0. The average Bonchev–Trinajstić information content (AvgIpc) is 3.88. The quantitative estimate of drug-likeness (QED) is 0.197. The summed E-state index contributed by atoms with van der Waals surface area (Å²) in [5.41, 5.74) is 6.14. The van der Waals surface area contributed by atoms with Crippen LogP contribution in [0.3, 0.4) is 0 Å². The molecule has 2 bridgehead atoms. The van der Waals surface area contributed by atoms with Crippen molar-refractivity contribution in [3.05, 3.63) is 73.3 Å². The number of ether oxygens (including phenoxy) is 2. The number of nitrogens with zero attached hydrogens (tertiary/aromatic N) is 6. The topological polar surface area (TPSA) is 108 Å². The second-order valence-electron chi connectivity index (χ2n) is 12.1. The lowest BCUT2D eigenvalue weighted by molar-refractivity contribution is 0.0300. The zero-order chi connectivity index (χ0) is 29.0. The van der Waals surface area contributed by atoms with Gasteiger partial charge in [-0.2, -0.15) is 10.2 Å². The van der Waals surface area contributed by atoms with Crippen LogP contribution in [0.25, 0.3) is 44.1 Å². The van der Waals surface area contributed by atoms with Gasteiger partial charge in [0.05, 0.1) is 36.1 Å². The molecule has 4 aromatic heterocycles. The maximum Gasteiger partial charge on any atom is 0.177 e. The van der Waals surface area contributed by atoms with Gasteiger partial charge in [-0.15, -0.1) is 0 Å². The van der Waals surface area contributed by atoms with Gasteiger partial charge in [-0.3, -0.25) is 15.1 Å². The number of fused-ring (bicyclic) bond motifs is 6. The number of likely N-dealkylation sites (tertiary alicyclic amines) is 1. The smallest absolute Gasteiger partial charge is 0.177 e. The van der Waals surface area contributed by atoms with Gasteiger partial charge in [0.15, 0.2) is 23.1 Å². The van der Waals surface area contributed by atoms with Crippen molar-refractivity contribution < 1.29 is 9.47 Å². The van der Waals surface area contributed by atoms with Crippen molar-refractivity contribution in [2.24, 2.45) is 0 Å². The van der Waals surface area contributed by atoms with E-state index in [1.807, 2.05) is 36.9 Å². The molecule has 0 unspecified atom stereocenters. The number of hydrogen-bond acceptors (Lipinski definition) is 8. The van der Waals surface area contributed by atoms with Gasteiger partial charge in [-0.05, 0) is 73.3 Å². The van der Waals surface area contributed by atoms with E-state index in [1.54, 1.807) is 0 Å². The Bertz CT molecular complexity index is 1880. The van der Waals surface area contributed by atoms with Crippen molar-refractivity contribution >= 4 is 33.4 Å². The third kappa shape index (κ3) is 4.49. The van der Waals surface area contributed by atoms with Crippen LogP contribution in [0.1, 0.15) is 25.7 Å². The fourth-order valence-corrected chi connectivity index (χ4v) is 6.94. The molecule has 220 valence electrons. The molecular weight excluding hydrogens is 552 g/mol. The molecule has 10 nitrogen and oxygen atoms in total. The molecule has 0 saturated carbocycles. The number of rotatable bonds is 8. The minimum atomic E-state index is 0.455. The standard InChI is InChI=1S/C34H32N8O2/c1(2-8-41-19-28-14-27(41)20-43-28)3-9-42-33-31(12-23(15-35-33)21-4-6-29-25(10-21)17-37-39-29)44-32-13-24(16-36-34(32)42)22-5-7-30-26(11-22)18-38-40-30/h4-7,10-13,15-18,27-28H,1-3,8-9,14,19-20H2,(H,37,39)(H,38,40)/t27-,28-/m0/s1. The molecule has 6 aromatic rings. The van der Waals surface area contributed by atoms with Crippen LogP contribution < -0.4 is 9.64 Å². The van der Waals surface area contributed by atoms with Crippen LogP contribution >= 0.6 is 0 Å². The van der Waals surface area contributed by atoms with E-state index < -0.39 is 0 Å². The van der Waals surface area contributed by atoms with E-state index in [9.17, 15) is 0 Å². The Kier molecular flexibility index (Phi) is 6.09. The number of aromatic nitrogens is 6. The number of pyridine rings is 2. The predicted octanol–water partition coefficient (Wildman–Crippen LogP) is 6.45. The largest absolute Gasteiger partial charge is 0.450 e. The number of benzene rings is 2. The number of aromatic amines is 2. The highest BCUT2D eigenvalue weighted by Crippen LogP contribution is 2.47. The highest BCUT2D eigenvalue weighted by molar-refractivity contribution is 5.86. The zero-order valence-corrected chi connectivity index (χ0v) is 24.2. The van der Waals surface area contributed by atoms with E-state index in [0.717, 1.165) is 106 Å². The van der Waals surface area contributed by atoms with Crippen LogP contribution in [0.15, 0.2) is 73.3 Å². The van der Waals surface area contributed by atoms with Gasteiger partial charge in [0, 0.05) is 53.4 Å². The number of anilines is 2. The Morgan fingerprint density at radius 3 is 1.93 bits per heavy atom. The highest BCUT2D eigenvalue weighted by atomic mass is 16.5. The molecule has 10 heteroatoms. The molecule has 3 aliphatic rings. The predicted molar refractivity (Wildman–Crippen MR) is 169 cm³/mol. The van der Waals surface area contributed by atoms with Gasteiger partial charge in [-0.1, -0.05) is 18.6 Å². The van der Waals surface area contributed by atoms with Crippen LogP contribution in [-0.2, 0) is 4.74 Å². The van der Waals surface area contributed by atoms with Gasteiger partial charge in [-0.25, -0.2) is 9.97 Å². The lowest BCUT2D eigenvalue weighted by Crippen LogP contribution is -2.37. The molecule has 2 atom stereocenters. The van der Waals surface area contributed by atoms with Crippen molar-refractivity contribution in [3.8, 4) is 33.8 Å². The van der Waals surface area contributed by atoms with Crippen LogP contribution in [0.4, 0.5) is 11.6 Å². The second-order valence-corrected chi connectivity index (χ2v) is 12.1. The van der Waals surface area contributed by atoms with Gasteiger partial charge >= 0.3 is 0 Å². The van der Waals surface area contributed by atoms with E-state index in [0.29, 0.717) is 12.1 Å². The molecule has 2 N–H and O–H groups in total. The maximum atomic E-state index is 6.58. The Morgan fingerprint density at radius 1 is 0.705 bits per heavy atom. The first kappa shape index (κ1) is 25.7. The third-order valence-corrected chi connectivity index (χ3v) is 9.29. The number of morpholine rings is 1. The van der Waals surface area contributed by atoms with Crippen molar-refractivity contribution in [1.82, 2.24) is 35.3 Å². The first-order valence-corrected chi connectivity index (χ1v) is 15.4. The average molecular weight is 585 g/mol. The van der Waals surface area contributed by atoms with Crippen LogP contribution in [0, 0.1) is 0 Å². The van der Waals surface area contributed by atoms with E-state index in [4.69, 9.17) is 19.4 Å². The maximum absolute atomic E-state index is 6.58. The summed E-state index contributed by atoms with van der Waals surface area (Å²) in [7, 11) is 0. The molecule has 2 aromatic carbocycles. The number of unbranched alkanes of at least 4 members (excludes halogenated alkanes) is 2. The summed E-state index contributed by atoms with van der Waals surface area (Å²) in [6.07, 6.45) is 12.6.